The smallest absolute Gasteiger partial charge is 0.245 e. The number of fused-ring (bicyclic) bond motifs is 1. The van der Waals surface area contributed by atoms with E-state index in [1.54, 1.807) is 0 Å². The fraction of sp³-hybridized carbons (Fsp3) is 0.632. The third kappa shape index (κ3) is 3.64. The number of nitrogens with zero attached hydrogens (tertiary/aromatic N) is 2. The van der Waals surface area contributed by atoms with Gasteiger partial charge in [-0.05, 0) is 49.4 Å². The summed E-state index contributed by atoms with van der Waals surface area (Å²) in [5, 5.41) is 13.7. The lowest BCUT2D eigenvalue weighted by Gasteiger charge is -2.41. The lowest BCUT2D eigenvalue weighted by atomic mass is 9.98. The number of anilines is 1. The number of rotatable bonds is 2. The number of amides is 1. The molecule has 0 unspecified atom stereocenters. The topological polar surface area (TPSA) is 55.8 Å². The summed E-state index contributed by atoms with van der Waals surface area (Å²) in [6.07, 6.45) is 4.43. The molecule has 4 rings (SSSR count). The molecule has 5 nitrogen and oxygen atoms in total. The molecule has 1 aromatic rings. The van der Waals surface area contributed by atoms with Crippen molar-refractivity contribution in [3.63, 3.8) is 0 Å². The molecule has 1 amide bonds. The SMILES string of the molecule is O=C([C@@H]1Cc2cc(Cl)ccc2N1)N1CCC(N2CCC(O)CC2)CC1. The molecule has 3 aliphatic rings. The van der Waals surface area contributed by atoms with Gasteiger partial charge in [0.1, 0.15) is 6.04 Å². The molecule has 0 aliphatic carbocycles. The maximum Gasteiger partial charge on any atom is 0.245 e. The van der Waals surface area contributed by atoms with Gasteiger partial charge in [-0.3, -0.25) is 4.79 Å². The van der Waals surface area contributed by atoms with Crippen molar-refractivity contribution >= 4 is 23.2 Å². The van der Waals surface area contributed by atoms with Crippen LogP contribution in [0.4, 0.5) is 5.69 Å². The Morgan fingerprint density at radius 1 is 1.12 bits per heavy atom. The first-order chi connectivity index (χ1) is 12.1. The molecule has 0 radical (unpaired) electrons. The molecular weight excluding hydrogens is 338 g/mol. The van der Waals surface area contributed by atoms with E-state index in [0.29, 0.717) is 6.04 Å². The van der Waals surface area contributed by atoms with Crippen LogP contribution in [0.2, 0.25) is 5.02 Å². The van der Waals surface area contributed by atoms with Crippen molar-refractivity contribution in [1.29, 1.82) is 0 Å². The Kier molecular flexibility index (Phi) is 4.89. The monoisotopic (exact) mass is 363 g/mol. The van der Waals surface area contributed by atoms with Crippen LogP contribution in [0.15, 0.2) is 18.2 Å². The zero-order chi connectivity index (χ0) is 17.4. The number of aliphatic hydroxyl groups is 1. The predicted octanol–water partition coefficient (Wildman–Crippen LogP) is 2.12. The van der Waals surface area contributed by atoms with Gasteiger partial charge in [-0.25, -0.2) is 0 Å². The third-order valence-corrected chi connectivity index (χ3v) is 6.15. The van der Waals surface area contributed by atoms with Crippen molar-refractivity contribution in [3.8, 4) is 0 Å². The van der Waals surface area contributed by atoms with Gasteiger partial charge >= 0.3 is 0 Å². The van der Waals surface area contributed by atoms with Crippen LogP contribution < -0.4 is 5.32 Å². The van der Waals surface area contributed by atoms with E-state index in [2.05, 4.69) is 10.2 Å². The zero-order valence-electron chi connectivity index (χ0n) is 14.5. The van der Waals surface area contributed by atoms with Crippen molar-refractivity contribution in [2.24, 2.45) is 0 Å². The maximum atomic E-state index is 12.9. The second kappa shape index (κ2) is 7.14. The van der Waals surface area contributed by atoms with Gasteiger partial charge in [0.15, 0.2) is 0 Å². The zero-order valence-corrected chi connectivity index (χ0v) is 15.2. The normalized spacial score (nSPS) is 25.7. The minimum Gasteiger partial charge on any atom is -0.393 e. The van der Waals surface area contributed by atoms with Crippen molar-refractivity contribution < 1.29 is 9.90 Å². The first kappa shape index (κ1) is 17.1. The Hall–Kier alpha value is -1.30. The van der Waals surface area contributed by atoms with E-state index in [-0.39, 0.29) is 18.1 Å². The molecule has 1 aromatic carbocycles. The molecule has 2 fully saturated rings. The first-order valence-electron chi connectivity index (χ1n) is 9.36. The summed E-state index contributed by atoms with van der Waals surface area (Å²) in [6, 6.07) is 6.18. The number of nitrogens with one attached hydrogen (secondary N) is 1. The van der Waals surface area contributed by atoms with E-state index in [0.717, 1.165) is 74.6 Å². The van der Waals surface area contributed by atoms with Gasteiger partial charge in [-0.1, -0.05) is 11.6 Å². The van der Waals surface area contributed by atoms with Crippen molar-refractivity contribution in [3.05, 3.63) is 28.8 Å². The molecule has 2 N–H and O–H groups in total. The number of likely N-dealkylation sites (tertiary alicyclic amines) is 2. The van der Waals surface area contributed by atoms with Crippen LogP contribution in [0.1, 0.15) is 31.2 Å². The number of hydrogen-bond donors (Lipinski definition) is 2. The van der Waals surface area contributed by atoms with E-state index in [1.807, 2.05) is 23.1 Å². The van der Waals surface area contributed by atoms with Gasteiger partial charge in [-0.2, -0.15) is 0 Å². The Morgan fingerprint density at radius 2 is 1.84 bits per heavy atom. The molecule has 136 valence electrons. The average Bonchev–Trinajstić information content (AvgIpc) is 3.05. The van der Waals surface area contributed by atoms with Gasteiger partial charge in [0.2, 0.25) is 5.91 Å². The summed E-state index contributed by atoms with van der Waals surface area (Å²) in [6.45, 7) is 3.63. The number of halogens is 1. The summed E-state index contributed by atoms with van der Waals surface area (Å²) < 4.78 is 0. The fourth-order valence-electron chi connectivity index (χ4n) is 4.40. The van der Waals surface area contributed by atoms with Crippen LogP contribution in [0.5, 0.6) is 0 Å². The van der Waals surface area contributed by atoms with Crippen LogP contribution in [0.3, 0.4) is 0 Å². The second-order valence-electron chi connectivity index (χ2n) is 7.53. The minimum atomic E-state index is -0.157. The molecule has 1 atom stereocenters. The Bertz CT molecular complexity index is 638. The standard InChI is InChI=1S/C19H26ClN3O2/c20-14-1-2-17-13(11-14)12-18(21-17)19(25)23-7-3-15(4-8-23)22-9-5-16(24)6-10-22/h1-2,11,15-16,18,21,24H,3-10,12H2/t18-/m0/s1. The van der Waals surface area contributed by atoms with Gasteiger partial charge in [0.25, 0.3) is 0 Å². The van der Waals surface area contributed by atoms with Crippen LogP contribution in [0.25, 0.3) is 0 Å². The van der Waals surface area contributed by atoms with Crippen LogP contribution >= 0.6 is 11.6 Å². The van der Waals surface area contributed by atoms with Gasteiger partial charge < -0.3 is 20.2 Å². The summed E-state index contributed by atoms with van der Waals surface area (Å²) in [4.78, 5) is 17.4. The number of hydrogen-bond acceptors (Lipinski definition) is 4. The molecule has 3 heterocycles. The molecule has 0 spiro atoms. The number of benzene rings is 1. The molecule has 3 aliphatic heterocycles. The van der Waals surface area contributed by atoms with Gasteiger partial charge in [0, 0.05) is 49.4 Å². The maximum absolute atomic E-state index is 12.9. The second-order valence-corrected chi connectivity index (χ2v) is 7.96. The highest BCUT2D eigenvalue weighted by molar-refractivity contribution is 6.30. The van der Waals surface area contributed by atoms with E-state index in [9.17, 15) is 9.90 Å². The first-order valence-corrected chi connectivity index (χ1v) is 9.74. The molecule has 0 saturated carbocycles. The van der Waals surface area contributed by atoms with Crippen LogP contribution in [-0.4, -0.2) is 65.2 Å². The fourth-order valence-corrected chi connectivity index (χ4v) is 4.60. The molecule has 25 heavy (non-hydrogen) atoms. The predicted molar refractivity (Wildman–Crippen MR) is 99.0 cm³/mol. The number of aliphatic hydroxyl groups excluding tert-OH is 1. The van der Waals surface area contributed by atoms with E-state index in [4.69, 9.17) is 11.6 Å². The quantitative estimate of drug-likeness (QED) is 0.845. The number of piperidine rings is 2. The molecule has 6 heteroatoms. The van der Waals surface area contributed by atoms with Crippen LogP contribution in [-0.2, 0) is 11.2 Å². The van der Waals surface area contributed by atoms with Gasteiger partial charge in [0.05, 0.1) is 6.10 Å². The molecule has 0 aromatic heterocycles. The third-order valence-electron chi connectivity index (χ3n) is 5.91. The Morgan fingerprint density at radius 3 is 2.56 bits per heavy atom. The number of carbonyl (C=O) groups is 1. The molecular formula is C19H26ClN3O2. The summed E-state index contributed by atoms with van der Waals surface area (Å²) >= 11 is 6.05. The highest BCUT2D eigenvalue weighted by Gasteiger charge is 2.34. The largest absolute Gasteiger partial charge is 0.393 e. The molecule has 0 bridgehead atoms. The molecule has 2 saturated heterocycles. The summed E-state index contributed by atoms with van der Waals surface area (Å²) in [7, 11) is 0. The summed E-state index contributed by atoms with van der Waals surface area (Å²) in [5.74, 6) is 0.208. The van der Waals surface area contributed by atoms with E-state index < -0.39 is 0 Å². The Labute approximate surface area is 153 Å². The van der Waals surface area contributed by atoms with Crippen molar-refractivity contribution in [1.82, 2.24) is 9.80 Å². The summed E-state index contributed by atoms with van der Waals surface area (Å²) in [5.41, 5.74) is 2.16. The Balaban J connectivity index is 1.30. The minimum absolute atomic E-state index is 0.124. The average molecular weight is 364 g/mol. The van der Waals surface area contributed by atoms with Crippen molar-refractivity contribution in [2.45, 2.75) is 50.3 Å². The lowest BCUT2D eigenvalue weighted by Crippen LogP contribution is -2.52. The number of carbonyl (C=O) groups excluding carboxylic acids is 1. The van der Waals surface area contributed by atoms with E-state index in [1.165, 1.54) is 0 Å². The lowest BCUT2D eigenvalue weighted by molar-refractivity contribution is -0.133. The van der Waals surface area contributed by atoms with Crippen molar-refractivity contribution in [2.75, 3.05) is 31.5 Å². The highest BCUT2D eigenvalue weighted by Crippen LogP contribution is 2.30. The highest BCUT2D eigenvalue weighted by atomic mass is 35.5. The van der Waals surface area contributed by atoms with Gasteiger partial charge in [-0.15, -0.1) is 0 Å². The van der Waals surface area contributed by atoms with Crippen LogP contribution in [0, 0.1) is 0 Å². The van der Waals surface area contributed by atoms with E-state index >= 15 is 0 Å².